The number of hydrogen-bond donors (Lipinski definition) is 1. The quantitative estimate of drug-likeness (QED) is 0.832. The summed E-state index contributed by atoms with van der Waals surface area (Å²) in [5.41, 5.74) is -1.45. The molecule has 0 aromatic heterocycles. The van der Waals surface area contributed by atoms with Crippen molar-refractivity contribution in [2.24, 2.45) is 0 Å². The first-order valence-electron chi connectivity index (χ1n) is 5.73. The lowest BCUT2D eigenvalue weighted by atomic mass is 10.1. The van der Waals surface area contributed by atoms with Crippen LogP contribution in [0.25, 0.3) is 0 Å². The normalized spacial score (nSPS) is 12.3. The molecule has 0 atom stereocenters. The highest BCUT2D eigenvalue weighted by atomic mass is 35.7. The molecular weight excluding hydrogens is 328 g/mol. The lowest BCUT2D eigenvalue weighted by Gasteiger charge is -2.25. The van der Waals surface area contributed by atoms with Crippen LogP contribution in [0.3, 0.4) is 0 Å². The molecule has 118 valence electrons. The standard InChI is InChI=1S/C12H14ClF2NO4S/c1-12(2,6-20-3)16-11(17)7-4-10(21(13,18)19)9(15)5-8(7)14/h4-5H,6H2,1-3H3,(H,16,17). The van der Waals surface area contributed by atoms with E-state index in [0.29, 0.717) is 12.1 Å². The summed E-state index contributed by atoms with van der Waals surface area (Å²) >= 11 is 0. The van der Waals surface area contributed by atoms with Crippen LogP contribution in [-0.2, 0) is 13.8 Å². The Morgan fingerprint density at radius 3 is 2.38 bits per heavy atom. The predicted molar refractivity (Wildman–Crippen MR) is 72.8 cm³/mol. The zero-order chi connectivity index (χ0) is 16.4. The van der Waals surface area contributed by atoms with Crippen molar-refractivity contribution in [3.8, 4) is 0 Å². The van der Waals surface area contributed by atoms with Gasteiger partial charge >= 0.3 is 0 Å². The Balaban J connectivity index is 3.22. The van der Waals surface area contributed by atoms with E-state index < -0.39 is 42.6 Å². The molecule has 0 unspecified atom stereocenters. The van der Waals surface area contributed by atoms with Gasteiger partial charge in [-0.3, -0.25) is 4.79 Å². The molecule has 9 heteroatoms. The molecule has 0 radical (unpaired) electrons. The Kier molecular flexibility index (Phi) is 5.30. The number of nitrogens with one attached hydrogen (secondary N) is 1. The molecule has 0 aliphatic carbocycles. The highest BCUT2D eigenvalue weighted by Gasteiger charge is 2.26. The summed E-state index contributed by atoms with van der Waals surface area (Å²) in [5, 5.41) is 2.45. The molecule has 0 heterocycles. The number of hydrogen-bond acceptors (Lipinski definition) is 4. The van der Waals surface area contributed by atoms with Gasteiger partial charge in [0.15, 0.2) is 0 Å². The number of ether oxygens (including phenoxy) is 1. The van der Waals surface area contributed by atoms with E-state index in [2.05, 4.69) is 5.32 Å². The van der Waals surface area contributed by atoms with Crippen molar-refractivity contribution in [2.45, 2.75) is 24.3 Å². The summed E-state index contributed by atoms with van der Waals surface area (Å²) in [5.74, 6) is -3.46. The van der Waals surface area contributed by atoms with E-state index in [9.17, 15) is 22.0 Å². The van der Waals surface area contributed by atoms with Crippen molar-refractivity contribution in [3.63, 3.8) is 0 Å². The lowest BCUT2D eigenvalue weighted by Crippen LogP contribution is -2.47. The van der Waals surface area contributed by atoms with E-state index >= 15 is 0 Å². The highest BCUT2D eigenvalue weighted by Crippen LogP contribution is 2.23. The van der Waals surface area contributed by atoms with Gasteiger partial charge in [0.05, 0.1) is 17.7 Å². The fourth-order valence-corrected chi connectivity index (χ4v) is 2.57. The van der Waals surface area contributed by atoms with Crippen LogP contribution < -0.4 is 5.32 Å². The first-order valence-corrected chi connectivity index (χ1v) is 8.04. The summed E-state index contributed by atoms with van der Waals surface area (Å²) in [6.07, 6.45) is 0. The molecule has 1 rings (SSSR count). The maximum atomic E-state index is 13.7. The molecule has 0 saturated carbocycles. The van der Waals surface area contributed by atoms with Gasteiger partial charge in [-0.05, 0) is 19.9 Å². The average molecular weight is 342 g/mol. The fourth-order valence-electron chi connectivity index (χ4n) is 1.66. The maximum absolute atomic E-state index is 13.7. The smallest absolute Gasteiger partial charge is 0.264 e. The van der Waals surface area contributed by atoms with Crippen LogP contribution in [0, 0.1) is 11.6 Å². The van der Waals surface area contributed by atoms with Gasteiger partial charge in [0.2, 0.25) is 0 Å². The number of methoxy groups -OCH3 is 1. The minimum absolute atomic E-state index is 0.141. The summed E-state index contributed by atoms with van der Waals surface area (Å²) in [6, 6.07) is 0.860. The summed E-state index contributed by atoms with van der Waals surface area (Å²) in [7, 11) is 2.02. The molecule has 0 bridgehead atoms. The number of carbonyl (C=O) groups is 1. The predicted octanol–water partition coefficient (Wildman–Crippen LogP) is 2.05. The molecule has 0 aliphatic rings. The molecule has 1 amide bonds. The minimum atomic E-state index is -4.43. The van der Waals surface area contributed by atoms with E-state index in [1.807, 2.05) is 0 Å². The monoisotopic (exact) mass is 341 g/mol. The van der Waals surface area contributed by atoms with Gasteiger partial charge in [-0.2, -0.15) is 0 Å². The second-order valence-electron chi connectivity index (χ2n) is 4.97. The van der Waals surface area contributed by atoms with Gasteiger partial charge < -0.3 is 10.1 Å². The summed E-state index contributed by atoms with van der Waals surface area (Å²) < 4.78 is 54.3. The first kappa shape index (κ1) is 17.8. The largest absolute Gasteiger partial charge is 0.382 e. The van der Waals surface area contributed by atoms with Gasteiger partial charge in [-0.1, -0.05) is 0 Å². The molecule has 0 spiro atoms. The summed E-state index contributed by atoms with van der Waals surface area (Å²) in [4.78, 5) is 11.0. The number of benzene rings is 1. The molecule has 1 aromatic carbocycles. The third kappa shape index (κ3) is 4.62. The Bertz CT molecular complexity index is 661. The molecule has 0 fully saturated rings. The Morgan fingerprint density at radius 2 is 1.90 bits per heavy atom. The molecule has 1 aromatic rings. The van der Waals surface area contributed by atoms with Crippen LogP contribution in [0.1, 0.15) is 24.2 Å². The number of amides is 1. The second-order valence-corrected chi connectivity index (χ2v) is 7.51. The number of rotatable bonds is 5. The lowest BCUT2D eigenvalue weighted by molar-refractivity contribution is 0.0816. The Labute approximate surface area is 125 Å². The van der Waals surface area contributed by atoms with Crippen LogP contribution in [0.4, 0.5) is 8.78 Å². The van der Waals surface area contributed by atoms with Crippen molar-refractivity contribution in [3.05, 3.63) is 29.3 Å². The number of halogens is 3. The zero-order valence-electron chi connectivity index (χ0n) is 11.5. The maximum Gasteiger partial charge on any atom is 0.264 e. The van der Waals surface area contributed by atoms with Crippen LogP contribution in [0.15, 0.2) is 17.0 Å². The third-order valence-electron chi connectivity index (χ3n) is 2.49. The van der Waals surface area contributed by atoms with Gasteiger partial charge in [-0.15, -0.1) is 0 Å². The molecule has 21 heavy (non-hydrogen) atoms. The molecule has 5 nitrogen and oxygen atoms in total. The van der Waals surface area contributed by atoms with Crippen LogP contribution in [-0.4, -0.2) is 33.6 Å². The van der Waals surface area contributed by atoms with Gasteiger partial charge in [0.25, 0.3) is 15.0 Å². The van der Waals surface area contributed by atoms with E-state index in [1.54, 1.807) is 13.8 Å². The Morgan fingerprint density at radius 1 is 1.33 bits per heavy atom. The van der Waals surface area contributed by atoms with Crippen molar-refractivity contribution in [1.29, 1.82) is 0 Å². The third-order valence-corrected chi connectivity index (χ3v) is 3.82. The first-order chi connectivity index (χ1) is 9.48. The molecular formula is C12H14ClF2NO4S. The van der Waals surface area contributed by atoms with E-state index in [-0.39, 0.29) is 6.61 Å². The van der Waals surface area contributed by atoms with Crippen molar-refractivity contribution < 1.29 is 26.7 Å². The Hall–Kier alpha value is -1.25. The molecule has 0 saturated heterocycles. The van der Waals surface area contributed by atoms with E-state index in [0.717, 1.165) is 0 Å². The van der Waals surface area contributed by atoms with E-state index in [1.165, 1.54) is 7.11 Å². The van der Waals surface area contributed by atoms with Crippen molar-refractivity contribution >= 4 is 25.6 Å². The van der Waals surface area contributed by atoms with Crippen LogP contribution in [0.2, 0.25) is 0 Å². The van der Waals surface area contributed by atoms with Gasteiger partial charge in [0, 0.05) is 23.9 Å². The zero-order valence-corrected chi connectivity index (χ0v) is 13.1. The average Bonchev–Trinajstić information content (AvgIpc) is 2.25. The van der Waals surface area contributed by atoms with Crippen molar-refractivity contribution in [1.82, 2.24) is 5.32 Å². The van der Waals surface area contributed by atoms with E-state index in [4.69, 9.17) is 15.4 Å². The van der Waals surface area contributed by atoms with Crippen LogP contribution >= 0.6 is 10.7 Å². The van der Waals surface area contributed by atoms with Gasteiger partial charge in [-0.25, -0.2) is 17.2 Å². The minimum Gasteiger partial charge on any atom is -0.382 e. The SMILES string of the molecule is COCC(C)(C)NC(=O)c1cc(S(=O)(=O)Cl)c(F)cc1F. The highest BCUT2D eigenvalue weighted by molar-refractivity contribution is 8.13. The van der Waals surface area contributed by atoms with Crippen molar-refractivity contribution in [2.75, 3.05) is 13.7 Å². The van der Waals surface area contributed by atoms with Gasteiger partial charge in [0.1, 0.15) is 16.5 Å². The summed E-state index contributed by atoms with van der Waals surface area (Å²) in [6.45, 7) is 3.38. The topological polar surface area (TPSA) is 72.5 Å². The second kappa shape index (κ2) is 6.25. The molecule has 0 aliphatic heterocycles. The fraction of sp³-hybridized carbons (Fsp3) is 0.417. The molecule has 1 N–H and O–H groups in total. The number of carbonyl (C=O) groups excluding carboxylic acids is 1. The van der Waals surface area contributed by atoms with Crippen LogP contribution in [0.5, 0.6) is 0 Å².